The quantitative estimate of drug-likeness (QED) is 0.623. The van der Waals surface area contributed by atoms with Crippen molar-refractivity contribution < 1.29 is 31.5 Å². The number of alkyl halides is 5. The molecule has 2 rings (SSSR count). The number of carbonyl (C=O) groups excluding carboxylic acids is 2. The maximum absolute atomic E-state index is 13.7. The largest absolute Gasteiger partial charge is 0.434 e. The SMILES string of the molecule is CSC(=O)c1c(C(F)(F)F)nc(C(F)F)c(C(=O)n2nccc2C)c1CC(C)C. The summed E-state index contributed by atoms with van der Waals surface area (Å²) in [5, 5.41) is 2.75. The van der Waals surface area contributed by atoms with E-state index in [1.54, 1.807) is 13.8 Å². The molecule has 2 heterocycles. The van der Waals surface area contributed by atoms with Crippen LogP contribution in [0.2, 0.25) is 0 Å². The van der Waals surface area contributed by atoms with Crippen LogP contribution >= 0.6 is 11.8 Å². The van der Waals surface area contributed by atoms with Crippen molar-refractivity contribution in [3.05, 3.63) is 46.0 Å². The Morgan fingerprint density at radius 3 is 2.24 bits per heavy atom. The van der Waals surface area contributed by atoms with Crippen LogP contribution in [0.5, 0.6) is 0 Å². The molecule has 0 saturated heterocycles. The number of rotatable bonds is 5. The third-order valence-corrected chi connectivity index (χ3v) is 4.62. The van der Waals surface area contributed by atoms with E-state index in [0.29, 0.717) is 17.5 Å². The molecule has 0 aromatic carbocycles. The van der Waals surface area contributed by atoms with E-state index in [4.69, 9.17) is 0 Å². The predicted molar refractivity (Wildman–Crippen MR) is 97.3 cm³/mol. The van der Waals surface area contributed by atoms with Crippen LogP contribution in [0.25, 0.3) is 0 Å². The molecule has 0 N–H and O–H groups in total. The van der Waals surface area contributed by atoms with Crippen LogP contribution in [0.4, 0.5) is 22.0 Å². The van der Waals surface area contributed by atoms with Crippen molar-refractivity contribution in [2.45, 2.75) is 39.8 Å². The second-order valence-electron chi connectivity index (χ2n) is 6.65. The van der Waals surface area contributed by atoms with Crippen LogP contribution in [-0.2, 0) is 12.6 Å². The lowest BCUT2D eigenvalue weighted by molar-refractivity contribution is -0.141. The van der Waals surface area contributed by atoms with E-state index in [-0.39, 0.29) is 12.3 Å². The van der Waals surface area contributed by atoms with Gasteiger partial charge in [0, 0.05) is 11.9 Å². The van der Waals surface area contributed by atoms with Crippen molar-refractivity contribution >= 4 is 22.8 Å². The highest BCUT2D eigenvalue weighted by atomic mass is 32.2. The second-order valence-corrected chi connectivity index (χ2v) is 7.43. The van der Waals surface area contributed by atoms with Gasteiger partial charge in [-0.15, -0.1) is 0 Å². The summed E-state index contributed by atoms with van der Waals surface area (Å²) in [6.45, 7) is 4.76. The van der Waals surface area contributed by atoms with E-state index >= 15 is 0 Å². The maximum Gasteiger partial charge on any atom is 0.434 e. The normalized spacial score (nSPS) is 12.1. The molecular weight excluding hydrogens is 417 g/mol. The molecule has 0 radical (unpaired) electrons. The highest BCUT2D eigenvalue weighted by molar-refractivity contribution is 8.13. The predicted octanol–water partition coefficient (Wildman–Crippen LogP) is 4.93. The number of pyridine rings is 1. The lowest BCUT2D eigenvalue weighted by atomic mass is 9.91. The molecule has 2 aromatic heterocycles. The van der Waals surface area contributed by atoms with E-state index in [9.17, 15) is 31.5 Å². The van der Waals surface area contributed by atoms with E-state index in [1.165, 1.54) is 25.4 Å². The average molecular weight is 435 g/mol. The van der Waals surface area contributed by atoms with Crippen LogP contribution in [0.1, 0.15) is 63.6 Å². The molecule has 11 heteroatoms. The van der Waals surface area contributed by atoms with Gasteiger partial charge >= 0.3 is 6.18 Å². The van der Waals surface area contributed by atoms with E-state index in [2.05, 4.69) is 10.1 Å². The van der Waals surface area contributed by atoms with E-state index < -0.39 is 51.7 Å². The van der Waals surface area contributed by atoms with Gasteiger partial charge in [-0.3, -0.25) is 9.59 Å². The fraction of sp³-hybridized carbons (Fsp3) is 0.444. The van der Waals surface area contributed by atoms with Gasteiger partial charge < -0.3 is 0 Å². The molecule has 0 saturated carbocycles. The molecule has 158 valence electrons. The summed E-state index contributed by atoms with van der Waals surface area (Å²) in [5.41, 5.74) is -4.70. The summed E-state index contributed by atoms with van der Waals surface area (Å²) in [6.07, 6.45) is -6.30. The fourth-order valence-corrected chi connectivity index (χ4v) is 3.30. The van der Waals surface area contributed by atoms with Crippen LogP contribution in [0.15, 0.2) is 12.3 Å². The molecule has 0 aliphatic rings. The molecule has 2 aromatic rings. The Labute approximate surface area is 167 Å². The number of aromatic nitrogens is 3. The Morgan fingerprint density at radius 2 is 1.83 bits per heavy atom. The molecule has 5 nitrogen and oxygen atoms in total. The van der Waals surface area contributed by atoms with Gasteiger partial charge in [0.15, 0.2) is 5.69 Å². The van der Waals surface area contributed by atoms with Gasteiger partial charge in [0.25, 0.3) is 12.3 Å². The standard InChI is InChI=1S/C18H18F5N3O2S/c1-8(2)7-10-11(16(27)26-9(3)5-6-24-26)13(15(19)20)25-14(18(21,22)23)12(10)17(28)29-4/h5-6,8,15H,7H2,1-4H3. The highest BCUT2D eigenvalue weighted by Crippen LogP contribution is 2.39. The number of halogens is 5. The van der Waals surface area contributed by atoms with Crippen molar-refractivity contribution in [2.75, 3.05) is 6.26 Å². The van der Waals surface area contributed by atoms with Gasteiger partial charge in [0.05, 0.1) is 11.1 Å². The molecule has 0 fully saturated rings. The minimum absolute atomic E-state index is 0.200. The lowest BCUT2D eigenvalue weighted by Crippen LogP contribution is -2.26. The van der Waals surface area contributed by atoms with Crippen molar-refractivity contribution in [2.24, 2.45) is 5.92 Å². The molecule has 29 heavy (non-hydrogen) atoms. The monoisotopic (exact) mass is 435 g/mol. The Morgan fingerprint density at radius 1 is 1.21 bits per heavy atom. The van der Waals surface area contributed by atoms with Crippen molar-refractivity contribution in [1.29, 1.82) is 0 Å². The average Bonchev–Trinajstić information content (AvgIpc) is 3.04. The molecule has 0 aliphatic carbocycles. The number of aryl methyl sites for hydroxylation is 1. The smallest absolute Gasteiger partial charge is 0.281 e. The minimum Gasteiger partial charge on any atom is -0.281 e. The van der Waals surface area contributed by atoms with Crippen LogP contribution in [0, 0.1) is 12.8 Å². The zero-order valence-corrected chi connectivity index (χ0v) is 16.8. The topological polar surface area (TPSA) is 64.8 Å². The third kappa shape index (κ3) is 4.65. The summed E-state index contributed by atoms with van der Waals surface area (Å²) in [4.78, 5) is 28.5. The summed E-state index contributed by atoms with van der Waals surface area (Å²) < 4.78 is 69.1. The summed E-state index contributed by atoms with van der Waals surface area (Å²) in [5.74, 6) is -1.39. The Kier molecular flexibility index (Phi) is 6.82. The van der Waals surface area contributed by atoms with Gasteiger partial charge in [0.2, 0.25) is 5.12 Å². The van der Waals surface area contributed by atoms with Crippen molar-refractivity contribution in [3.63, 3.8) is 0 Å². The fourth-order valence-electron chi connectivity index (χ4n) is 2.88. The third-order valence-electron chi connectivity index (χ3n) is 4.04. The van der Waals surface area contributed by atoms with Crippen molar-refractivity contribution in [1.82, 2.24) is 14.8 Å². The van der Waals surface area contributed by atoms with Crippen LogP contribution < -0.4 is 0 Å². The summed E-state index contributed by atoms with van der Waals surface area (Å²) >= 11 is 0.485. The molecule has 0 spiro atoms. The Hall–Kier alpha value is -2.30. The summed E-state index contributed by atoms with van der Waals surface area (Å²) in [6, 6.07) is 1.44. The van der Waals surface area contributed by atoms with Gasteiger partial charge in [-0.05, 0) is 37.1 Å². The van der Waals surface area contributed by atoms with Crippen molar-refractivity contribution in [3.8, 4) is 0 Å². The molecular formula is C18H18F5N3O2S. The zero-order valence-electron chi connectivity index (χ0n) is 16.0. The summed E-state index contributed by atoms with van der Waals surface area (Å²) in [7, 11) is 0. The second kappa shape index (κ2) is 8.60. The maximum atomic E-state index is 13.7. The first-order chi connectivity index (χ1) is 13.4. The Bertz CT molecular complexity index is 938. The number of carbonyl (C=O) groups is 2. The van der Waals surface area contributed by atoms with Gasteiger partial charge in [-0.2, -0.15) is 18.3 Å². The molecule has 0 amide bonds. The number of nitrogens with zero attached hydrogens (tertiary/aromatic N) is 3. The first kappa shape index (κ1) is 23.0. The molecule has 0 atom stereocenters. The van der Waals surface area contributed by atoms with E-state index in [0.717, 1.165) is 4.68 Å². The Balaban J connectivity index is 3.01. The van der Waals surface area contributed by atoms with Crippen LogP contribution in [0.3, 0.4) is 0 Å². The highest BCUT2D eigenvalue weighted by Gasteiger charge is 2.42. The number of thioether (sulfide) groups is 1. The first-order valence-electron chi connectivity index (χ1n) is 8.45. The number of hydrogen-bond acceptors (Lipinski definition) is 5. The molecule has 0 unspecified atom stereocenters. The first-order valence-corrected chi connectivity index (χ1v) is 9.68. The molecule has 0 bridgehead atoms. The van der Waals surface area contributed by atoms with Gasteiger partial charge in [-0.25, -0.2) is 18.4 Å². The van der Waals surface area contributed by atoms with Crippen LogP contribution in [-0.4, -0.2) is 32.0 Å². The minimum atomic E-state index is -5.15. The van der Waals surface area contributed by atoms with Gasteiger partial charge in [0.1, 0.15) is 5.69 Å². The van der Waals surface area contributed by atoms with Gasteiger partial charge in [-0.1, -0.05) is 25.6 Å². The number of hydrogen-bond donors (Lipinski definition) is 0. The zero-order chi connectivity index (χ0) is 22.1. The lowest BCUT2D eigenvalue weighted by Gasteiger charge is -2.22. The molecule has 0 aliphatic heterocycles. The van der Waals surface area contributed by atoms with E-state index in [1.807, 2.05) is 0 Å².